The molecule has 0 aliphatic heterocycles. The molecule has 2 heterocycles. The summed E-state index contributed by atoms with van der Waals surface area (Å²) < 4.78 is 10.3. The molecule has 2 aromatic heterocycles. The fraction of sp³-hybridized carbons (Fsp3) is 0.136. The molecule has 0 fully saturated rings. The van der Waals surface area contributed by atoms with Gasteiger partial charge in [0, 0.05) is 16.6 Å². The Hall–Kier alpha value is -3.45. The Morgan fingerprint density at radius 3 is 2.52 bits per heavy atom. The minimum atomic E-state index is -0.330. The molecular formula is C22H19N3O3S. The third kappa shape index (κ3) is 3.90. The number of methoxy groups -OCH3 is 1. The van der Waals surface area contributed by atoms with E-state index in [-0.39, 0.29) is 5.97 Å². The van der Waals surface area contributed by atoms with Gasteiger partial charge in [0.2, 0.25) is 0 Å². The summed E-state index contributed by atoms with van der Waals surface area (Å²) in [5.41, 5.74) is 3.45. The zero-order valence-electron chi connectivity index (χ0n) is 16.0. The fourth-order valence-electron chi connectivity index (χ4n) is 2.99. The number of carbonyl (C=O) groups is 1. The van der Waals surface area contributed by atoms with Crippen LogP contribution in [0, 0.1) is 0 Å². The summed E-state index contributed by atoms with van der Waals surface area (Å²) in [5, 5.41) is 6.38. The Morgan fingerprint density at radius 2 is 1.83 bits per heavy atom. The highest BCUT2D eigenvalue weighted by Gasteiger charge is 2.14. The molecule has 0 radical (unpaired) electrons. The molecule has 0 atom stereocenters. The van der Waals surface area contributed by atoms with Crippen molar-refractivity contribution >= 4 is 39.0 Å². The summed E-state index contributed by atoms with van der Waals surface area (Å²) in [6.07, 6.45) is 1.55. The van der Waals surface area contributed by atoms with Gasteiger partial charge in [-0.15, -0.1) is 11.3 Å². The van der Waals surface area contributed by atoms with Crippen LogP contribution in [-0.2, 0) is 4.74 Å². The molecule has 4 aromatic rings. The summed E-state index contributed by atoms with van der Waals surface area (Å²) in [7, 11) is 1.65. The highest BCUT2D eigenvalue weighted by molar-refractivity contribution is 7.17. The Balaban J connectivity index is 1.67. The van der Waals surface area contributed by atoms with Crippen LogP contribution < -0.4 is 10.1 Å². The standard InChI is InChI=1S/C22H19N3O3S/c1-3-28-22(26)15-4-8-16(9-5-15)25-20-19-18(12-29-21(19)24-13-23-20)14-6-10-17(27-2)11-7-14/h4-13H,3H2,1-2H3,(H,23,24,25). The number of esters is 1. The number of anilines is 2. The zero-order chi connectivity index (χ0) is 20.2. The quantitative estimate of drug-likeness (QED) is 0.440. The van der Waals surface area contributed by atoms with E-state index in [0.29, 0.717) is 18.0 Å². The van der Waals surface area contributed by atoms with Crippen molar-refractivity contribution in [3.05, 3.63) is 65.8 Å². The van der Waals surface area contributed by atoms with Crippen LogP contribution in [0.2, 0.25) is 0 Å². The zero-order valence-corrected chi connectivity index (χ0v) is 16.8. The molecule has 0 bridgehead atoms. The predicted octanol–water partition coefficient (Wildman–Crippen LogP) is 5.29. The summed E-state index contributed by atoms with van der Waals surface area (Å²) in [6, 6.07) is 15.0. The molecule has 0 aliphatic carbocycles. The lowest BCUT2D eigenvalue weighted by atomic mass is 10.1. The Morgan fingerprint density at radius 1 is 1.07 bits per heavy atom. The lowest BCUT2D eigenvalue weighted by Gasteiger charge is -2.09. The van der Waals surface area contributed by atoms with Crippen LogP contribution in [-0.4, -0.2) is 29.7 Å². The lowest BCUT2D eigenvalue weighted by Crippen LogP contribution is -2.04. The first-order valence-corrected chi connectivity index (χ1v) is 9.98. The van der Waals surface area contributed by atoms with Gasteiger partial charge in [0.15, 0.2) is 0 Å². The Kier molecular flexibility index (Phi) is 5.39. The average Bonchev–Trinajstić information content (AvgIpc) is 3.20. The van der Waals surface area contributed by atoms with Crippen molar-refractivity contribution in [2.45, 2.75) is 6.92 Å². The monoisotopic (exact) mass is 405 g/mol. The van der Waals surface area contributed by atoms with E-state index in [1.165, 1.54) is 0 Å². The van der Waals surface area contributed by atoms with Gasteiger partial charge in [0.05, 0.1) is 24.7 Å². The first-order valence-electron chi connectivity index (χ1n) is 9.10. The summed E-state index contributed by atoms with van der Waals surface area (Å²) >= 11 is 1.57. The fourth-order valence-corrected chi connectivity index (χ4v) is 3.91. The molecule has 2 aromatic carbocycles. The van der Waals surface area contributed by atoms with E-state index in [1.54, 1.807) is 43.8 Å². The van der Waals surface area contributed by atoms with E-state index in [0.717, 1.165) is 32.8 Å². The molecule has 0 saturated heterocycles. The number of thiophene rings is 1. The summed E-state index contributed by atoms with van der Waals surface area (Å²) in [5.74, 6) is 1.19. The molecule has 6 nitrogen and oxygen atoms in total. The molecule has 4 rings (SSSR count). The smallest absolute Gasteiger partial charge is 0.338 e. The third-order valence-corrected chi connectivity index (χ3v) is 5.32. The summed E-state index contributed by atoms with van der Waals surface area (Å²) in [6.45, 7) is 2.14. The minimum Gasteiger partial charge on any atom is -0.497 e. The van der Waals surface area contributed by atoms with Gasteiger partial charge in [-0.3, -0.25) is 0 Å². The number of nitrogens with zero attached hydrogens (tertiary/aromatic N) is 2. The van der Waals surface area contributed by atoms with Crippen molar-refractivity contribution in [2.75, 3.05) is 19.0 Å². The van der Waals surface area contributed by atoms with E-state index < -0.39 is 0 Å². The van der Waals surface area contributed by atoms with Crippen molar-refractivity contribution in [3.8, 4) is 16.9 Å². The molecule has 0 amide bonds. The van der Waals surface area contributed by atoms with E-state index in [1.807, 2.05) is 36.4 Å². The maximum absolute atomic E-state index is 11.8. The lowest BCUT2D eigenvalue weighted by molar-refractivity contribution is 0.0526. The molecular weight excluding hydrogens is 386 g/mol. The maximum atomic E-state index is 11.8. The van der Waals surface area contributed by atoms with Crippen LogP contribution >= 0.6 is 11.3 Å². The van der Waals surface area contributed by atoms with Crippen LogP contribution in [0.15, 0.2) is 60.2 Å². The van der Waals surface area contributed by atoms with E-state index in [9.17, 15) is 4.79 Å². The third-order valence-electron chi connectivity index (χ3n) is 4.43. The SMILES string of the molecule is CCOC(=O)c1ccc(Nc2ncnc3scc(-c4ccc(OC)cc4)c23)cc1. The molecule has 7 heteroatoms. The first kappa shape index (κ1) is 18.9. The molecule has 0 saturated carbocycles. The molecule has 146 valence electrons. The second kappa shape index (κ2) is 8.28. The minimum absolute atomic E-state index is 0.330. The van der Waals surface area contributed by atoms with Gasteiger partial charge in [-0.1, -0.05) is 12.1 Å². The van der Waals surface area contributed by atoms with Crippen molar-refractivity contribution in [3.63, 3.8) is 0 Å². The Bertz CT molecular complexity index is 1140. The van der Waals surface area contributed by atoms with Crippen molar-refractivity contribution in [1.29, 1.82) is 0 Å². The number of hydrogen-bond donors (Lipinski definition) is 1. The molecule has 0 aliphatic rings. The number of aromatic nitrogens is 2. The molecule has 1 N–H and O–H groups in total. The van der Waals surface area contributed by atoms with Gasteiger partial charge in [-0.25, -0.2) is 14.8 Å². The highest BCUT2D eigenvalue weighted by Crippen LogP contribution is 2.37. The highest BCUT2D eigenvalue weighted by atomic mass is 32.1. The van der Waals surface area contributed by atoms with Gasteiger partial charge in [-0.2, -0.15) is 0 Å². The van der Waals surface area contributed by atoms with Crippen LogP contribution in [0.1, 0.15) is 17.3 Å². The number of nitrogens with one attached hydrogen (secondary N) is 1. The average molecular weight is 405 g/mol. The maximum Gasteiger partial charge on any atom is 0.338 e. The van der Waals surface area contributed by atoms with Crippen molar-refractivity contribution in [1.82, 2.24) is 9.97 Å². The number of ether oxygens (including phenoxy) is 2. The van der Waals surface area contributed by atoms with Crippen LogP contribution in [0.5, 0.6) is 5.75 Å². The van der Waals surface area contributed by atoms with Gasteiger partial charge in [0.25, 0.3) is 0 Å². The van der Waals surface area contributed by atoms with Crippen LogP contribution in [0.4, 0.5) is 11.5 Å². The number of rotatable bonds is 6. The normalized spacial score (nSPS) is 10.7. The molecule has 0 unspecified atom stereocenters. The van der Waals surface area contributed by atoms with Gasteiger partial charge >= 0.3 is 5.97 Å². The van der Waals surface area contributed by atoms with E-state index in [2.05, 4.69) is 20.7 Å². The van der Waals surface area contributed by atoms with E-state index in [4.69, 9.17) is 9.47 Å². The van der Waals surface area contributed by atoms with E-state index >= 15 is 0 Å². The second-order valence-corrected chi connectivity index (χ2v) is 7.06. The van der Waals surface area contributed by atoms with Gasteiger partial charge in [0.1, 0.15) is 22.7 Å². The van der Waals surface area contributed by atoms with Crippen molar-refractivity contribution < 1.29 is 14.3 Å². The topological polar surface area (TPSA) is 73.3 Å². The van der Waals surface area contributed by atoms with Crippen molar-refractivity contribution in [2.24, 2.45) is 0 Å². The van der Waals surface area contributed by atoms with Gasteiger partial charge < -0.3 is 14.8 Å². The molecule has 0 spiro atoms. The second-order valence-electron chi connectivity index (χ2n) is 6.20. The number of benzene rings is 2. The van der Waals surface area contributed by atoms with Crippen LogP contribution in [0.3, 0.4) is 0 Å². The number of carbonyl (C=O) groups excluding carboxylic acids is 1. The molecule has 29 heavy (non-hydrogen) atoms. The largest absolute Gasteiger partial charge is 0.497 e. The number of fused-ring (bicyclic) bond motifs is 1. The number of hydrogen-bond acceptors (Lipinski definition) is 7. The predicted molar refractivity (Wildman–Crippen MR) is 115 cm³/mol. The van der Waals surface area contributed by atoms with Crippen LogP contribution in [0.25, 0.3) is 21.3 Å². The Labute approximate surface area is 172 Å². The first-order chi connectivity index (χ1) is 14.2. The van der Waals surface area contributed by atoms with Gasteiger partial charge in [-0.05, 0) is 48.9 Å². The summed E-state index contributed by atoms with van der Waals surface area (Å²) in [4.78, 5) is 21.6.